The number of hydrogen-bond acceptors (Lipinski definition) is 6. The van der Waals surface area contributed by atoms with Crippen molar-refractivity contribution in [3.63, 3.8) is 0 Å². The zero-order valence-corrected chi connectivity index (χ0v) is 50.8. The summed E-state index contributed by atoms with van der Waals surface area (Å²) < 4.78 is 16.9. The summed E-state index contributed by atoms with van der Waals surface area (Å²) in [5.74, 6) is -0.859. The zero-order chi connectivity index (χ0) is 55.0. The van der Waals surface area contributed by atoms with Crippen LogP contribution in [0, 0.1) is 0 Å². The number of allylic oxidation sites excluding steroid dienone is 10. The van der Waals surface area contributed by atoms with E-state index in [1.807, 2.05) is 0 Å². The minimum Gasteiger partial charge on any atom is -0.462 e. The smallest absolute Gasteiger partial charge is 0.306 e. The maximum Gasteiger partial charge on any atom is 0.306 e. The average molecular weight is 1060 g/mol. The molecule has 0 heterocycles. The highest BCUT2D eigenvalue weighted by atomic mass is 16.6. The Labute approximate surface area is 472 Å². The Morgan fingerprint density at radius 2 is 0.513 bits per heavy atom. The van der Waals surface area contributed by atoms with Crippen LogP contribution in [0.5, 0.6) is 0 Å². The maximum absolute atomic E-state index is 12.9. The van der Waals surface area contributed by atoms with E-state index in [0.29, 0.717) is 19.3 Å². The lowest BCUT2D eigenvalue weighted by Crippen LogP contribution is -2.30. The lowest BCUT2D eigenvalue weighted by Gasteiger charge is -2.18. The summed E-state index contributed by atoms with van der Waals surface area (Å²) in [6.07, 6.45) is 82.4. The van der Waals surface area contributed by atoms with Crippen LogP contribution in [0.1, 0.15) is 348 Å². The Morgan fingerprint density at radius 3 is 0.829 bits per heavy atom. The molecule has 6 nitrogen and oxygen atoms in total. The van der Waals surface area contributed by atoms with E-state index in [1.54, 1.807) is 0 Å². The monoisotopic (exact) mass is 1060 g/mol. The van der Waals surface area contributed by atoms with E-state index in [-0.39, 0.29) is 31.1 Å². The highest BCUT2D eigenvalue weighted by Crippen LogP contribution is 2.18. The SMILES string of the molecule is CC/C=C\C/C=C\C/C=C\C/C=C\CCCCCCCCCCCCCCCCCCC(=O)OCC(COC(=O)CCCCCCC/C=C\CCCCCC)OC(=O)CCCCCCCCCCCCCCCCCC. The molecular formula is C70H126O6. The molecule has 6 heteroatoms. The van der Waals surface area contributed by atoms with Gasteiger partial charge >= 0.3 is 17.9 Å². The van der Waals surface area contributed by atoms with Gasteiger partial charge in [0.25, 0.3) is 0 Å². The normalized spacial score (nSPS) is 12.4. The number of ether oxygens (including phenoxy) is 3. The number of esters is 3. The third kappa shape index (κ3) is 62.0. The molecule has 0 radical (unpaired) electrons. The lowest BCUT2D eigenvalue weighted by atomic mass is 10.0. The number of carbonyl (C=O) groups excluding carboxylic acids is 3. The predicted octanol–water partition coefficient (Wildman–Crippen LogP) is 22.7. The van der Waals surface area contributed by atoms with E-state index < -0.39 is 6.10 Å². The topological polar surface area (TPSA) is 78.9 Å². The first kappa shape index (κ1) is 73.1. The van der Waals surface area contributed by atoms with Crippen LogP contribution in [-0.2, 0) is 28.6 Å². The van der Waals surface area contributed by atoms with Crippen LogP contribution >= 0.6 is 0 Å². The Balaban J connectivity index is 4.19. The predicted molar refractivity (Wildman–Crippen MR) is 330 cm³/mol. The molecule has 0 spiro atoms. The van der Waals surface area contributed by atoms with Crippen LogP contribution in [0.2, 0.25) is 0 Å². The molecule has 0 aliphatic rings. The van der Waals surface area contributed by atoms with Crippen molar-refractivity contribution < 1.29 is 28.6 Å². The van der Waals surface area contributed by atoms with Crippen LogP contribution in [-0.4, -0.2) is 37.2 Å². The van der Waals surface area contributed by atoms with Crippen LogP contribution < -0.4 is 0 Å². The fourth-order valence-electron chi connectivity index (χ4n) is 9.79. The molecule has 0 saturated carbocycles. The van der Waals surface area contributed by atoms with E-state index in [1.165, 1.54) is 218 Å². The van der Waals surface area contributed by atoms with Gasteiger partial charge in [-0.25, -0.2) is 0 Å². The van der Waals surface area contributed by atoms with E-state index >= 15 is 0 Å². The van der Waals surface area contributed by atoms with E-state index in [4.69, 9.17) is 14.2 Å². The van der Waals surface area contributed by atoms with Crippen molar-refractivity contribution >= 4 is 17.9 Å². The van der Waals surface area contributed by atoms with Gasteiger partial charge in [-0.15, -0.1) is 0 Å². The van der Waals surface area contributed by atoms with E-state index in [9.17, 15) is 14.4 Å². The maximum atomic E-state index is 12.9. The Hall–Kier alpha value is -2.89. The molecule has 0 amide bonds. The Morgan fingerprint density at radius 1 is 0.276 bits per heavy atom. The molecular weight excluding hydrogens is 937 g/mol. The summed E-state index contributed by atoms with van der Waals surface area (Å²) in [5.41, 5.74) is 0. The molecule has 0 fully saturated rings. The summed E-state index contributed by atoms with van der Waals surface area (Å²) in [5, 5.41) is 0. The molecule has 0 aromatic rings. The first-order valence-corrected chi connectivity index (χ1v) is 33.3. The fourth-order valence-corrected chi connectivity index (χ4v) is 9.79. The van der Waals surface area contributed by atoms with Gasteiger partial charge in [-0.1, -0.05) is 306 Å². The highest BCUT2D eigenvalue weighted by molar-refractivity contribution is 5.71. The van der Waals surface area contributed by atoms with Gasteiger partial charge in [-0.2, -0.15) is 0 Å². The van der Waals surface area contributed by atoms with Crippen molar-refractivity contribution in [3.8, 4) is 0 Å². The van der Waals surface area contributed by atoms with Gasteiger partial charge in [-0.3, -0.25) is 14.4 Å². The van der Waals surface area contributed by atoms with Crippen molar-refractivity contribution in [1.29, 1.82) is 0 Å². The first-order chi connectivity index (χ1) is 37.5. The van der Waals surface area contributed by atoms with Crippen molar-refractivity contribution in [2.45, 2.75) is 354 Å². The molecule has 442 valence electrons. The summed E-state index contributed by atoms with van der Waals surface area (Å²) in [4.78, 5) is 38.3. The van der Waals surface area contributed by atoms with Crippen LogP contribution in [0.3, 0.4) is 0 Å². The molecule has 0 aliphatic carbocycles. The molecule has 1 atom stereocenters. The summed E-state index contributed by atoms with van der Waals surface area (Å²) in [7, 11) is 0. The largest absolute Gasteiger partial charge is 0.462 e. The molecule has 0 aromatic heterocycles. The lowest BCUT2D eigenvalue weighted by molar-refractivity contribution is -0.167. The number of carbonyl (C=O) groups is 3. The third-order valence-corrected chi connectivity index (χ3v) is 14.8. The Kier molecular flexibility index (Phi) is 62.2. The second kappa shape index (κ2) is 64.6. The number of hydrogen-bond donors (Lipinski definition) is 0. The van der Waals surface area contributed by atoms with Crippen molar-refractivity contribution in [3.05, 3.63) is 60.8 Å². The van der Waals surface area contributed by atoms with Gasteiger partial charge < -0.3 is 14.2 Å². The molecule has 0 bridgehead atoms. The van der Waals surface area contributed by atoms with Gasteiger partial charge in [0.05, 0.1) is 0 Å². The molecule has 0 rings (SSSR count). The standard InChI is InChI=1S/C70H126O6/c1-4-7-10-13-16-19-22-25-27-29-30-31-32-33-34-35-36-37-38-39-40-41-43-45-48-51-54-57-60-63-69(72)75-66-67(65-74-68(71)62-59-56-53-50-47-44-24-21-18-15-12-9-6-3)76-70(73)64-61-58-55-52-49-46-42-28-26-23-20-17-14-11-8-5-2/h7,10,16,19,21,24-25,27,30-31,67H,4-6,8-9,11-15,17-18,20,22-23,26,28-29,32-66H2,1-3H3/b10-7-,19-16-,24-21-,27-25-,31-30-. The van der Waals surface area contributed by atoms with Crippen molar-refractivity contribution in [1.82, 2.24) is 0 Å². The fraction of sp³-hybridized carbons (Fsp3) is 0.814. The molecule has 0 saturated heterocycles. The van der Waals surface area contributed by atoms with Gasteiger partial charge in [0, 0.05) is 19.3 Å². The highest BCUT2D eigenvalue weighted by Gasteiger charge is 2.19. The van der Waals surface area contributed by atoms with Crippen LogP contribution in [0.4, 0.5) is 0 Å². The van der Waals surface area contributed by atoms with Gasteiger partial charge in [-0.05, 0) is 83.5 Å². The van der Waals surface area contributed by atoms with E-state index in [2.05, 4.69) is 81.5 Å². The molecule has 0 N–H and O–H groups in total. The molecule has 76 heavy (non-hydrogen) atoms. The first-order valence-electron chi connectivity index (χ1n) is 33.3. The number of rotatable bonds is 61. The summed E-state index contributed by atoms with van der Waals surface area (Å²) in [6.45, 7) is 6.56. The van der Waals surface area contributed by atoms with Gasteiger partial charge in [0.1, 0.15) is 13.2 Å². The van der Waals surface area contributed by atoms with E-state index in [0.717, 1.165) is 89.9 Å². The Bertz CT molecular complexity index is 1360. The minimum atomic E-state index is -0.774. The van der Waals surface area contributed by atoms with Crippen LogP contribution in [0.15, 0.2) is 60.8 Å². The van der Waals surface area contributed by atoms with Gasteiger partial charge in [0.2, 0.25) is 0 Å². The second-order valence-corrected chi connectivity index (χ2v) is 22.4. The van der Waals surface area contributed by atoms with Crippen molar-refractivity contribution in [2.24, 2.45) is 0 Å². The van der Waals surface area contributed by atoms with Crippen LogP contribution in [0.25, 0.3) is 0 Å². The molecule has 0 aliphatic heterocycles. The van der Waals surface area contributed by atoms with Gasteiger partial charge in [0.15, 0.2) is 6.10 Å². The minimum absolute atomic E-state index is 0.0717. The zero-order valence-electron chi connectivity index (χ0n) is 50.8. The quantitative estimate of drug-likeness (QED) is 0.0261. The molecule has 0 aromatic carbocycles. The average Bonchev–Trinajstić information content (AvgIpc) is 3.42. The molecule has 1 unspecified atom stereocenters. The number of unbranched alkanes of at least 4 members (excludes halogenated alkanes) is 40. The summed E-state index contributed by atoms with van der Waals surface area (Å²) in [6, 6.07) is 0. The summed E-state index contributed by atoms with van der Waals surface area (Å²) >= 11 is 0. The second-order valence-electron chi connectivity index (χ2n) is 22.4. The van der Waals surface area contributed by atoms with Crippen molar-refractivity contribution in [2.75, 3.05) is 13.2 Å². The third-order valence-electron chi connectivity index (χ3n) is 14.8.